The van der Waals surface area contributed by atoms with Crippen LogP contribution in [0.5, 0.6) is 5.75 Å². The third-order valence-electron chi connectivity index (χ3n) is 3.61. The lowest BCUT2D eigenvalue weighted by molar-refractivity contribution is -0.141. The average Bonchev–Trinajstić information content (AvgIpc) is 2.59. The molecule has 2 N–H and O–H groups in total. The Hall–Kier alpha value is -3.23. The summed E-state index contributed by atoms with van der Waals surface area (Å²) in [6.45, 7) is 3.41. The van der Waals surface area contributed by atoms with E-state index in [1.165, 1.54) is 24.7 Å². The fraction of sp³-hybridized carbons (Fsp3) is 0.176. The van der Waals surface area contributed by atoms with E-state index >= 15 is 0 Å². The maximum atomic E-state index is 13.2. The first-order chi connectivity index (χ1) is 12.2. The highest BCUT2D eigenvalue weighted by Gasteiger charge is 2.34. The minimum Gasteiger partial charge on any atom is -0.508 e. The van der Waals surface area contributed by atoms with Crippen LogP contribution in [0.1, 0.15) is 16.8 Å². The highest BCUT2D eigenvalue weighted by molar-refractivity contribution is 5.65. The summed E-state index contributed by atoms with van der Waals surface area (Å²) < 4.78 is 39.6. The van der Waals surface area contributed by atoms with Crippen LogP contribution in [0.25, 0.3) is 11.5 Å². The number of hydrogen-bond acceptors (Lipinski definition) is 6. The zero-order valence-corrected chi connectivity index (χ0v) is 13.8. The number of anilines is 2. The predicted octanol–water partition coefficient (Wildman–Crippen LogP) is 4.02. The highest BCUT2D eigenvalue weighted by atomic mass is 19.4. The molecule has 0 bridgehead atoms. The summed E-state index contributed by atoms with van der Waals surface area (Å²) in [5.74, 6) is -0.128. The number of alkyl halides is 3. The Bertz CT molecular complexity index is 945. The van der Waals surface area contributed by atoms with Crippen LogP contribution in [0.4, 0.5) is 24.7 Å². The number of halogens is 3. The zero-order chi connectivity index (χ0) is 18.9. The standard InChI is InChI=1S/C17H14F3N5O/c1-9-6-13(26)10(2)5-11(9)23-15-7-14(17(18,19)20)24-16(25-15)12-8-21-3-4-22-12/h3-8,26H,1-2H3,(H,23,24,25). The van der Waals surface area contributed by atoms with E-state index in [1.54, 1.807) is 19.9 Å². The largest absolute Gasteiger partial charge is 0.508 e. The van der Waals surface area contributed by atoms with E-state index in [1.807, 2.05) is 0 Å². The first kappa shape index (κ1) is 17.6. The van der Waals surface area contributed by atoms with Gasteiger partial charge in [-0.05, 0) is 37.1 Å². The molecule has 134 valence electrons. The summed E-state index contributed by atoms with van der Waals surface area (Å²) in [7, 11) is 0. The van der Waals surface area contributed by atoms with Crippen LogP contribution in [-0.4, -0.2) is 25.0 Å². The number of aromatic nitrogens is 4. The summed E-state index contributed by atoms with van der Waals surface area (Å²) in [5.41, 5.74) is 0.792. The lowest BCUT2D eigenvalue weighted by Gasteiger charge is -2.14. The predicted molar refractivity (Wildman–Crippen MR) is 88.9 cm³/mol. The fourth-order valence-electron chi connectivity index (χ4n) is 2.26. The minimum atomic E-state index is -4.64. The number of rotatable bonds is 3. The lowest BCUT2D eigenvalue weighted by Crippen LogP contribution is -2.11. The monoisotopic (exact) mass is 361 g/mol. The molecule has 0 aliphatic carbocycles. The molecule has 0 unspecified atom stereocenters. The summed E-state index contributed by atoms with van der Waals surface area (Å²) >= 11 is 0. The van der Waals surface area contributed by atoms with Crippen LogP contribution in [0.2, 0.25) is 0 Å². The van der Waals surface area contributed by atoms with Crippen LogP contribution < -0.4 is 5.32 Å². The van der Waals surface area contributed by atoms with Crippen molar-refractivity contribution in [1.29, 1.82) is 0 Å². The van der Waals surface area contributed by atoms with Crippen molar-refractivity contribution in [3.05, 3.63) is 53.6 Å². The van der Waals surface area contributed by atoms with Gasteiger partial charge in [-0.15, -0.1) is 0 Å². The molecule has 6 nitrogen and oxygen atoms in total. The fourth-order valence-corrected chi connectivity index (χ4v) is 2.26. The van der Waals surface area contributed by atoms with Gasteiger partial charge >= 0.3 is 6.18 Å². The van der Waals surface area contributed by atoms with E-state index in [9.17, 15) is 18.3 Å². The van der Waals surface area contributed by atoms with Crippen molar-refractivity contribution in [1.82, 2.24) is 19.9 Å². The third-order valence-corrected chi connectivity index (χ3v) is 3.61. The quantitative estimate of drug-likeness (QED) is 0.686. The van der Waals surface area contributed by atoms with E-state index < -0.39 is 11.9 Å². The van der Waals surface area contributed by atoms with E-state index in [2.05, 4.69) is 25.3 Å². The van der Waals surface area contributed by atoms with Gasteiger partial charge < -0.3 is 10.4 Å². The van der Waals surface area contributed by atoms with E-state index in [-0.39, 0.29) is 23.1 Å². The van der Waals surface area contributed by atoms with E-state index in [0.29, 0.717) is 16.8 Å². The smallest absolute Gasteiger partial charge is 0.433 e. The van der Waals surface area contributed by atoms with E-state index in [0.717, 1.165) is 6.07 Å². The SMILES string of the molecule is Cc1cc(Nc2cc(C(F)(F)F)nc(-c3cnccn3)n2)c(C)cc1O. The summed E-state index contributed by atoms with van der Waals surface area (Å²) in [6.07, 6.45) is -0.607. The molecule has 0 fully saturated rings. The Labute approximate surface area is 146 Å². The maximum absolute atomic E-state index is 13.2. The molecule has 0 atom stereocenters. The first-order valence-electron chi connectivity index (χ1n) is 7.54. The number of benzene rings is 1. The number of phenolic OH excluding ortho intramolecular Hbond substituents is 1. The van der Waals surface area contributed by atoms with Crippen LogP contribution in [0.3, 0.4) is 0 Å². The second kappa shape index (κ2) is 6.58. The van der Waals surface area contributed by atoms with Crippen molar-refractivity contribution in [2.75, 3.05) is 5.32 Å². The van der Waals surface area contributed by atoms with Gasteiger partial charge in [0.25, 0.3) is 0 Å². The van der Waals surface area contributed by atoms with Crippen molar-refractivity contribution >= 4 is 11.5 Å². The number of nitrogens with zero attached hydrogens (tertiary/aromatic N) is 4. The number of aromatic hydroxyl groups is 1. The molecule has 0 radical (unpaired) electrons. The molecule has 0 saturated carbocycles. The minimum absolute atomic E-state index is 0.0406. The van der Waals surface area contributed by atoms with Gasteiger partial charge in [0.05, 0.1) is 6.20 Å². The molecule has 9 heteroatoms. The second-order valence-corrected chi connectivity index (χ2v) is 5.63. The number of nitrogens with one attached hydrogen (secondary N) is 1. The molecule has 0 saturated heterocycles. The van der Waals surface area contributed by atoms with Gasteiger partial charge in [0, 0.05) is 24.1 Å². The van der Waals surface area contributed by atoms with Gasteiger partial charge in [-0.3, -0.25) is 4.98 Å². The number of aryl methyl sites for hydroxylation is 2. The van der Waals surface area contributed by atoms with Crippen LogP contribution in [-0.2, 0) is 6.18 Å². The van der Waals surface area contributed by atoms with E-state index in [4.69, 9.17) is 0 Å². The van der Waals surface area contributed by atoms with Gasteiger partial charge in [0.2, 0.25) is 0 Å². The van der Waals surface area contributed by atoms with Gasteiger partial charge in [-0.2, -0.15) is 13.2 Å². The Kier molecular flexibility index (Phi) is 4.45. The van der Waals surface area contributed by atoms with Gasteiger partial charge in [-0.25, -0.2) is 15.0 Å². The average molecular weight is 361 g/mol. The zero-order valence-electron chi connectivity index (χ0n) is 13.8. The molecule has 2 heterocycles. The van der Waals surface area contributed by atoms with Crippen LogP contribution in [0, 0.1) is 13.8 Å². The molecule has 26 heavy (non-hydrogen) atoms. The van der Waals surface area contributed by atoms with Crippen molar-refractivity contribution in [3.63, 3.8) is 0 Å². The molecule has 0 spiro atoms. The Morgan fingerprint density at radius 3 is 2.42 bits per heavy atom. The maximum Gasteiger partial charge on any atom is 0.433 e. The Morgan fingerprint density at radius 1 is 1.00 bits per heavy atom. The van der Waals surface area contributed by atoms with Gasteiger partial charge in [-0.1, -0.05) is 0 Å². The molecule has 0 aliphatic heterocycles. The molecule has 2 aromatic heterocycles. The van der Waals surface area contributed by atoms with Crippen LogP contribution in [0.15, 0.2) is 36.8 Å². The van der Waals surface area contributed by atoms with Crippen molar-refractivity contribution in [2.45, 2.75) is 20.0 Å². The molecule has 3 aromatic rings. The summed E-state index contributed by atoms with van der Waals surface area (Å²) in [5, 5.41) is 12.6. The Morgan fingerprint density at radius 2 is 1.77 bits per heavy atom. The molecular weight excluding hydrogens is 347 g/mol. The van der Waals surface area contributed by atoms with Crippen molar-refractivity contribution < 1.29 is 18.3 Å². The molecule has 3 rings (SSSR count). The first-order valence-corrected chi connectivity index (χ1v) is 7.54. The third kappa shape index (κ3) is 3.71. The topological polar surface area (TPSA) is 83.8 Å². The summed E-state index contributed by atoms with van der Waals surface area (Å²) in [4.78, 5) is 15.4. The molecule has 0 aliphatic rings. The normalized spacial score (nSPS) is 11.4. The molecular formula is C17H14F3N5O. The molecule has 1 aromatic carbocycles. The Balaban J connectivity index is 2.08. The second-order valence-electron chi connectivity index (χ2n) is 5.63. The van der Waals surface area contributed by atoms with Gasteiger partial charge in [0.15, 0.2) is 11.5 Å². The van der Waals surface area contributed by atoms with Crippen molar-refractivity contribution in [3.8, 4) is 17.3 Å². The highest BCUT2D eigenvalue weighted by Crippen LogP contribution is 2.32. The van der Waals surface area contributed by atoms with Crippen molar-refractivity contribution in [2.24, 2.45) is 0 Å². The number of phenols is 1. The number of hydrogen-bond donors (Lipinski definition) is 2. The summed E-state index contributed by atoms with van der Waals surface area (Å²) in [6, 6.07) is 3.97. The molecule has 0 amide bonds. The lowest BCUT2D eigenvalue weighted by atomic mass is 10.1. The van der Waals surface area contributed by atoms with Gasteiger partial charge in [0.1, 0.15) is 17.3 Å². The van der Waals surface area contributed by atoms with Crippen LogP contribution >= 0.6 is 0 Å².